The fourth-order valence-electron chi connectivity index (χ4n) is 1.44. The molecular weight excluding hydrogens is 188 g/mol. The lowest BCUT2D eigenvalue weighted by Gasteiger charge is -2.20. The summed E-state index contributed by atoms with van der Waals surface area (Å²) in [4.78, 5) is 0. The summed E-state index contributed by atoms with van der Waals surface area (Å²) in [5.74, 6) is 0. The summed E-state index contributed by atoms with van der Waals surface area (Å²) in [7, 11) is 0. The molecule has 86 valence electrons. The molecule has 0 aliphatic carbocycles. The molecule has 0 unspecified atom stereocenters. The van der Waals surface area contributed by atoms with Crippen molar-refractivity contribution in [2.75, 3.05) is 6.54 Å². The van der Waals surface area contributed by atoms with Crippen molar-refractivity contribution >= 4 is 0 Å². The Hall–Kier alpha value is -0.900. The Bertz CT molecular complexity index is 285. The van der Waals surface area contributed by atoms with E-state index in [-0.39, 0.29) is 5.54 Å². The number of hydrogen-bond donors (Lipinski definition) is 1. The van der Waals surface area contributed by atoms with Crippen LogP contribution in [0.15, 0.2) is 6.20 Å². The zero-order valence-electron chi connectivity index (χ0n) is 10.2. The predicted octanol–water partition coefficient (Wildman–Crippen LogP) is 1.62. The SMILES string of the molecule is CCCn1nncc1CCNC(C)(C)C. The van der Waals surface area contributed by atoms with E-state index in [0.29, 0.717) is 0 Å². The Kier molecular flexibility index (Phi) is 4.27. The first kappa shape index (κ1) is 12.2. The van der Waals surface area contributed by atoms with Crippen LogP contribution in [0.3, 0.4) is 0 Å². The van der Waals surface area contributed by atoms with Gasteiger partial charge in [0.15, 0.2) is 0 Å². The van der Waals surface area contributed by atoms with Gasteiger partial charge < -0.3 is 5.32 Å². The van der Waals surface area contributed by atoms with Gasteiger partial charge in [0.1, 0.15) is 0 Å². The standard InChI is InChI=1S/C11H22N4/c1-5-8-15-10(9-13-14-15)6-7-12-11(2,3)4/h9,12H,5-8H2,1-4H3. The summed E-state index contributed by atoms with van der Waals surface area (Å²) in [6.07, 6.45) is 3.95. The van der Waals surface area contributed by atoms with Crippen LogP contribution in [0.5, 0.6) is 0 Å². The summed E-state index contributed by atoms with van der Waals surface area (Å²) in [6.45, 7) is 10.6. The molecular formula is C11H22N4. The van der Waals surface area contributed by atoms with Crippen molar-refractivity contribution in [3.8, 4) is 0 Å². The largest absolute Gasteiger partial charge is 0.312 e. The van der Waals surface area contributed by atoms with Crippen molar-refractivity contribution < 1.29 is 0 Å². The first-order chi connectivity index (χ1) is 7.03. The molecule has 0 aliphatic rings. The molecule has 1 aromatic heterocycles. The van der Waals surface area contributed by atoms with Gasteiger partial charge in [-0.05, 0) is 27.2 Å². The summed E-state index contributed by atoms with van der Waals surface area (Å²) in [6, 6.07) is 0. The maximum Gasteiger partial charge on any atom is 0.0725 e. The average molecular weight is 210 g/mol. The number of hydrogen-bond acceptors (Lipinski definition) is 3. The number of nitrogens with one attached hydrogen (secondary N) is 1. The van der Waals surface area contributed by atoms with Gasteiger partial charge in [-0.25, -0.2) is 4.68 Å². The molecule has 0 spiro atoms. The smallest absolute Gasteiger partial charge is 0.0725 e. The molecule has 0 amide bonds. The average Bonchev–Trinajstić information content (AvgIpc) is 2.51. The highest BCUT2D eigenvalue weighted by Crippen LogP contribution is 2.01. The van der Waals surface area contributed by atoms with Crippen molar-refractivity contribution in [2.24, 2.45) is 0 Å². The molecule has 1 heterocycles. The Balaban J connectivity index is 2.40. The first-order valence-corrected chi connectivity index (χ1v) is 5.65. The van der Waals surface area contributed by atoms with Gasteiger partial charge in [-0.1, -0.05) is 12.1 Å². The molecule has 0 aliphatic heterocycles. The number of aromatic nitrogens is 3. The Labute approximate surface area is 92.1 Å². The van der Waals surface area contributed by atoms with Gasteiger partial charge in [-0.2, -0.15) is 0 Å². The molecule has 0 saturated heterocycles. The van der Waals surface area contributed by atoms with Crippen molar-refractivity contribution in [1.29, 1.82) is 0 Å². The second-order valence-corrected chi connectivity index (χ2v) is 4.88. The Morgan fingerprint density at radius 1 is 1.40 bits per heavy atom. The second kappa shape index (κ2) is 5.26. The van der Waals surface area contributed by atoms with Gasteiger partial charge in [0, 0.05) is 25.0 Å². The molecule has 0 saturated carbocycles. The van der Waals surface area contributed by atoms with Crippen LogP contribution in [-0.4, -0.2) is 27.1 Å². The van der Waals surface area contributed by atoms with Crippen LogP contribution in [0, 0.1) is 0 Å². The minimum absolute atomic E-state index is 0.184. The normalized spacial score (nSPS) is 12.0. The minimum atomic E-state index is 0.184. The van der Waals surface area contributed by atoms with E-state index < -0.39 is 0 Å². The molecule has 0 bridgehead atoms. The van der Waals surface area contributed by atoms with Gasteiger partial charge in [-0.3, -0.25) is 0 Å². The second-order valence-electron chi connectivity index (χ2n) is 4.88. The number of nitrogens with zero attached hydrogens (tertiary/aromatic N) is 3. The van der Waals surface area contributed by atoms with Crippen LogP contribution in [0.25, 0.3) is 0 Å². The fourth-order valence-corrected chi connectivity index (χ4v) is 1.44. The first-order valence-electron chi connectivity index (χ1n) is 5.65. The topological polar surface area (TPSA) is 42.7 Å². The maximum atomic E-state index is 4.06. The molecule has 1 rings (SSSR count). The zero-order valence-corrected chi connectivity index (χ0v) is 10.2. The third kappa shape index (κ3) is 4.42. The lowest BCUT2D eigenvalue weighted by Crippen LogP contribution is -2.37. The predicted molar refractivity (Wildman–Crippen MR) is 61.8 cm³/mol. The highest BCUT2D eigenvalue weighted by atomic mass is 15.4. The van der Waals surface area contributed by atoms with E-state index in [4.69, 9.17) is 0 Å². The van der Waals surface area contributed by atoms with Crippen molar-refractivity contribution in [3.63, 3.8) is 0 Å². The van der Waals surface area contributed by atoms with Gasteiger partial charge >= 0.3 is 0 Å². The Morgan fingerprint density at radius 3 is 2.73 bits per heavy atom. The van der Waals surface area contributed by atoms with E-state index in [1.54, 1.807) is 0 Å². The maximum absolute atomic E-state index is 4.06. The minimum Gasteiger partial charge on any atom is -0.312 e. The zero-order chi connectivity index (χ0) is 11.3. The monoisotopic (exact) mass is 210 g/mol. The number of aryl methyl sites for hydroxylation is 1. The van der Waals surface area contributed by atoms with Crippen molar-refractivity contribution in [1.82, 2.24) is 20.3 Å². The van der Waals surface area contributed by atoms with E-state index in [1.165, 1.54) is 5.69 Å². The molecule has 0 radical (unpaired) electrons. The van der Waals surface area contributed by atoms with Crippen LogP contribution >= 0.6 is 0 Å². The Morgan fingerprint density at radius 2 is 2.13 bits per heavy atom. The molecule has 1 N–H and O–H groups in total. The fraction of sp³-hybridized carbons (Fsp3) is 0.818. The van der Waals surface area contributed by atoms with Crippen LogP contribution in [0.4, 0.5) is 0 Å². The lowest BCUT2D eigenvalue weighted by molar-refractivity contribution is 0.424. The van der Waals surface area contributed by atoms with Gasteiger partial charge in [-0.15, -0.1) is 5.10 Å². The molecule has 15 heavy (non-hydrogen) atoms. The highest BCUT2D eigenvalue weighted by molar-refractivity contribution is 4.95. The number of rotatable bonds is 5. The van der Waals surface area contributed by atoms with Crippen LogP contribution < -0.4 is 5.32 Å². The third-order valence-corrected chi connectivity index (χ3v) is 2.17. The highest BCUT2D eigenvalue weighted by Gasteiger charge is 2.09. The molecule has 1 aromatic rings. The van der Waals surface area contributed by atoms with Crippen LogP contribution in [0.1, 0.15) is 39.8 Å². The summed E-state index contributed by atoms with van der Waals surface area (Å²) < 4.78 is 1.99. The summed E-state index contributed by atoms with van der Waals surface area (Å²) in [5.41, 5.74) is 1.40. The lowest BCUT2D eigenvalue weighted by atomic mass is 10.1. The molecule has 0 aromatic carbocycles. The van der Waals surface area contributed by atoms with E-state index in [1.807, 2.05) is 10.9 Å². The van der Waals surface area contributed by atoms with Crippen molar-refractivity contribution in [3.05, 3.63) is 11.9 Å². The quantitative estimate of drug-likeness (QED) is 0.803. The van der Waals surface area contributed by atoms with E-state index in [2.05, 4.69) is 43.3 Å². The summed E-state index contributed by atoms with van der Waals surface area (Å²) in [5, 5.41) is 11.5. The molecule has 0 fully saturated rings. The molecule has 4 heteroatoms. The van der Waals surface area contributed by atoms with Crippen LogP contribution in [0.2, 0.25) is 0 Å². The van der Waals surface area contributed by atoms with Gasteiger partial charge in [0.05, 0.1) is 11.9 Å². The molecule has 4 nitrogen and oxygen atoms in total. The molecule has 0 atom stereocenters. The third-order valence-electron chi connectivity index (χ3n) is 2.17. The van der Waals surface area contributed by atoms with Gasteiger partial charge in [0.25, 0.3) is 0 Å². The van der Waals surface area contributed by atoms with E-state index >= 15 is 0 Å². The van der Waals surface area contributed by atoms with Crippen LogP contribution in [-0.2, 0) is 13.0 Å². The van der Waals surface area contributed by atoms with E-state index in [0.717, 1.165) is 25.9 Å². The van der Waals surface area contributed by atoms with E-state index in [9.17, 15) is 0 Å². The van der Waals surface area contributed by atoms with Gasteiger partial charge in [0.2, 0.25) is 0 Å². The summed E-state index contributed by atoms with van der Waals surface area (Å²) >= 11 is 0. The van der Waals surface area contributed by atoms with Crippen molar-refractivity contribution in [2.45, 2.75) is 52.6 Å².